The van der Waals surface area contributed by atoms with Gasteiger partial charge in [0.2, 0.25) is 5.91 Å². The number of anilines is 1. The van der Waals surface area contributed by atoms with Crippen molar-refractivity contribution in [3.05, 3.63) is 24.0 Å². The van der Waals surface area contributed by atoms with Crippen LogP contribution in [0.3, 0.4) is 0 Å². The molecule has 0 aromatic heterocycles. The standard InChI is InChI=1S/C17H23FN2O2/c18-15-10-13(5-6-16(15)22-14-2-1-3-14)20-17(21)7-4-12-8-9-19-11-12/h5-6,10,12,14,19H,1-4,7-9,11H2,(H,20,21). The summed E-state index contributed by atoms with van der Waals surface area (Å²) in [5, 5.41) is 6.05. The molecule has 1 aliphatic carbocycles. The van der Waals surface area contributed by atoms with Gasteiger partial charge >= 0.3 is 0 Å². The summed E-state index contributed by atoms with van der Waals surface area (Å²) in [4.78, 5) is 11.9. The second-order valence-electron chi connectivity index (χ2n) is 6.26. The second kappa shape index (κ2) is 7.09. The van der Waals surface area contributed by atoms with Crippen molar-refractivity contribution in [3.8, 4) is 5.75 Å². The Morgan fingerprint density at radius 2 is 2.23 bits per heavy atom. The zero-order chi connectivity index (χ0) is 15.4. The molecule has 1 aromatic carbocycles. The molecular weight excluding hydrogens is 283 g/mol. The van der Waals surface area contributed by atoms with Crippen molar-refractivity contribution in [2.45, 2.75) is 44.6 Å². The van der Waals surface area contributed by atoms with E-state index in [1.165, 1.54) is 6.07 Å². The molecule has 1 aromatic rings. The van der Waals surface area contributed by atoms with Crippen LogP contribution in [0.2, 0.25) is 0 Å². The van der Waals surface area contributed by atoms with Gasteiger partial charge in [0.05, 0.1) is 6.10 Å². The maximum absolute atomic E-state index is 14.0. The van der Waals surface area contributed by atoms with Crippen LogP contribution in [0.25, 0.3) is 0 Å². The number of amides is 1. The average Bonchev–Trinajstić information content (AvgIpc) is 2.95. The van der Waals surface area contributed by atoms with E-state index in [1.807, 2.05) is 0 Å². The van der Waals surface area contributed by atoms with Gasteiger partial charge in [-0.15, -0.1) is 0 Å². The number of nitrogens with one attached hydrogen (secondary N) is 2. The highest BCUT2D eigenvalue weighted by Crippen LogP contribution is 2.28. The van der Waals surface area contributed by atoms with E-state index in [-0.39, 0.29) is 17.8 Å². The van der Waals surface area contributed by atoms with Crippen LogP contribution < -0.4 is 15.4 Å². The summed E-state index contributed by atoms with van der Waals surface area (Å²) in [6, 6.07) is 4.64. The molecule has 120 valence electrons. The highest BCUT2D eigenvalue weighted by atomic mass is 19.1. The molecule has 0 spiro atoms. The maximum atomic E-state index is 14.0. The maximum Gasteiger partial charge on any atom is 0.224 e. The highest BCUT2D eigenvalue weighted by molar-refractivity contribution is 5.90. The number of carbonyl (C=O) groups excluding carboxylic acids is 1. The molecule has 1 saturated heterocycles. The molecular formula is C17H23FN2O2. The van der Waals surface area contributed by atoms with Crippen molar-refractivity contribution in [3.63, 3.8) is 0 Å². The minimum atomic E-state index is -0.412. The molecule has 1 heterocycles. The highest BCUT2D eigenvalue weighted by Gasteiger charge is 2.21. The third-order valence-electron chi connectivity index (χ3n) is 4.50. The van der Waals surface area contributed by atoms with Crippen molar-refractivity contribution in [2.24, 2.45) is 5.92 Å². The quantitative estimate of drug-likeness (QED) is 0.849. The summed E-state index contributed by atoms with van der Waals surface area (Å²) in [5.74, 6) is 0.393. The van der Waals surface area contributed by atoms with Gasteiger partial charge in [0.1, 0.15) is 0 Å². The van der Waals surface area contributed by atoms with Crippen molar-refractivity contribution >= 4 is 11.6 Å². The molecule has 1 unspecified atom stereocenters. The topological polar surface area (TPSA) is 50.4 Å². The van der Waals surface area contributed by atoms with Crippen LogP contribution >= 0.6 is 0 Å². The lowest BCUT2D eigenvalue weighted by Crippen LogP contribution is -2.25. The smallest absolute Gasteiger partial charge is 0.224 e. The van der Waals surface area contributed by atoms with Gasteiger partial charge in [-0.25, -0.2) is 4.39 Å². The van der Waals surface area contributed by atoms with Gasteiger partial charge in [-0.3, -0.25) is 4.79 Å². The lowest BCUT2D eigenvalue weighted by atomic mass is 9.96. The molecule has 22 heavy (non-hydrogen) atoms. The van der Waals surface area contributed by atoms with Gasteiger partial charge in [0, 0.05) is 18.2 Å². The molecule has 4 nitrogen and oxygen atoms in total. The summed E-state index contributed by atoms with van der Waals surface area (Å²) in [6.45, 7) is 2.04. The molecule has 1 atom stereocenters. The molecule has 2 N–H and O–H groups in total. The Labute approximate surface area is 130 Å². The number of hydrogen-bond donors (Lipinski definition) is 2. The number of rotatable bonds is 6. The minimum absolute atomic E-state index is 0.0565. The Kier molecular flexibility index (Phi) is 4.93. The normalized spacial score (nSPS) is 21.4. The summed E-state index contributed by atoms with van der Waals surface area (Å²) in [6.07, 6.45) is 5.78. The lowest BCUT2D eigenvalue weighted by molar-refractivity contribution is -0.116. The van der Waals surface area contributed by atoms with Crippen LogP contribution in [0, 0.1) is 11.7 Å². The molecule has 1 aliphatic heterocycles. The number of ether oxygens (including phenoxy) is 1. The van der Waals surface area contributed by atoms with Crippen LogP contribution in [-0.2, 0) is 4.79 Å². The molecule has 0 bridgehead atoms. The van der Waals surface area contributed by atoms with Crippen LogP contribution in [0.4, 0.5) is 10.1 Å². The zero-order valence-corrected chi connectivity index (χ0v) is 12.7. The summed E-state index contributed by atoms with van der Waals surface area (Å²) in [7, 11) is 0. The van der Waals surface area contributed by atoms with E-state index >= 15 is 0 Å². The van der Waals surface area contributed by atoms with Gasteiger partial charge in [-0.2, -0.15) is 0 Å². The number of carbonyl (C=O) groups is 1. The molecule has 5 heteroatoms. The first kappa shape index (κ1) is 15.3. The van der Waals surface area contributed by atoms with E-state index in [9.17, 15) is 9.18 Å². The van der Waals surface area contributed by atoms with Gasteiger partial charge < -0.3 is 15.4 Å². The number of benzene rings is 1. The fourth-order valence-electron chi connectivity index (χ4n) is 2.86. The third-order valence-corrected chi connectivity index (χ3v) is 4.50. The summed E-state index contributed by atoms with van der Waals surface area (Å²) >= 11 is 0. The van der Waals surface area contributed by atoms with E-state index in [1.54, 1.807) is 12.1 Å². The monoisotopic (exact) mass is 306 g/mol. The predicted molar refractivity (Wildman–Crippen MR) is 83.5 cm³/mol. The molecule has 3 rings (SSSR count). The Hall–Kier alpha value is -1.62. The van der Waals surface area contributed by atoms with Crippen LogP contribution in [-0.4, -0.2) is 25.1 Å². The Balaban J connectivity index is 1.48. The Bertz CT molecular complexity index is 525. The van der Waals surface area contributed by atoms with Crippen molar-refractivity contribution < 1.29 is 13.9 Å². The van der Waals surface area contributed by atoms with Crippen molar-refractivity contribution in [1.29, 1.82) is 0 Å². The first-order chi connectivity index (χ1) is 10.7. The van der Waals surface area contributed by atoms with Crippen LogP contribution in [0.1, 0.15) is 38.5 Å². The van der Waals surface area contributed by atoms with Gasteiger partial charge in [-0.1, -0.05) is 0 Å². The fourth-order valence-corrected chi connectivity index (χ4v) is 2.86. The number of hydrogen-bond acceptors (Lipinski definition) is 3. The SMILES string of the molecule is O=C(CCC1CCNC1)Nc1ccc(OC2CCC2)c(F)c1. The van der Waals surface area contributed by atoms with Crippen LogP contribution in [0.5, 0.6) is 5.75 Å². The van der Waals surface area contributed by atoms with E-state index in [0.29, 0.717) is 18.0 Å². The van der Waals surface area contributed by atoms with Gasteiger partial charge in [0.15, 0.2) is 11.6 Å². The molecule has 2 aliphatic rings. The summed E-state index contributed by atoms with van der Waals surface area (Å²) in [5.41, 5.74) is 0.494. The molecule has 1 amide bonds. The van der Waals surface area contributed by atoms with E-state index in [2.05, 4.69) is 10.6 Å². The molecule has 2 fully saturated rings. The lowest BCUT2D eigenvalue weighted by Gasteiger charge is -2.26. The molecule has 1 saturated carbocycles. The largest absolute Gasteiger partial charge is 0.487 e. The Morgan fingerprint density at radius 3 is 2.86 bits per heavy atom. The average molecular weight is 306 g/mol. The van der Waals surface area contributed by atoms with Crippen molar-refractivity contribution in [1.82, 2.24) is 5.32 Å². The van der Waals surface area contributed by atoms with E-state index < -0.39 is 5.82 Å². The minimum Gasteiger partial charge on any atom is -0.487 e. The zero-order valence-electron chi connectivity index (χ0n) is 12.7. The number of halogens is 1. The fraction of sp³-hybridized carbons (Fsp3) is 0.588. The van der Waals surface area contributed by atoms with Gasteiger partial charge in [-0.05, 0) is 63.2 Å². The predicted octanol–water partition coefficient (Wildman–Crippen LogP) is 3.09. The first-order valence-corrected chi connectivity index (χ1v) is 8.17. The third kappa shape index (κ3) is 3.97. The summed E-state index contributed by atoms with van der Waals surface area (Å²) < 4.78 is 19.5. The molecule has 0 radical (unpaired) electrons. The van der Waals surface area contributed by atoms with Crippen LogP contribution in [0.15, 0.2) is 18.2 Å². The van der Waals surface area contributed by atoms with Crippen molar-refractivity contribution in [2.75, 3.05) is 18.4 Å². The van der Waals surface area contributed by atoms with E-state index in [4.69, 9.17) is 4.74 Å². The second-order valence-corrected chi connectivity index (χ2v) is 6.26. The first-order valence-electron chi connectivity index (χ1n) is 8.17. The Morgan fingerprint density at radius 1 is 1.36 bits per heavy atom. The van der Waals surface area contributed by atoms with E-state index in [0.717, 1.165) is 45.2 Å². The van der Waals surface area contributed by atoms with Gasteiger partial charge in [0.25, 0.3) is 0 Å².